The van der Waals surface area contributed by atoms with Crippen LogP contribution in [0.15, 0.2) is 12.3 Å². The SMILES string of the molecule is COC(=O)c1nc(C=CCSC(C)=O)cn1C. The molecule has 1 aromatic heterocycles. The predicted molar refractivity (Wildman–Crippen MR) is 66.7 cm³/mol. The van der Waals surface area contributed by atoms with Crippen molar-refractivity contribution in [1.29, 1.82) is 0 Å². The summed E-state index contributed by atoms with van der Waals surface area (Å²) in [5, 5.41) is 0.0749. The maximum atomic E-state index is 11.3. The second kappa shape index (κ2) is 6.24. The summed E-state index contributed by atoms with van der Waals surface area (Å²) in [5.41, 5.74) is 0.664. The second-order valence-electron chi connectivity index (χ2n) is 3.30. The van der Waals surface area contributed by atoms with E-state index in [1.54, 1.807) is 23.9 Å². The third-order valence-corrected chi connectivity index (χ3v) is 2.70. The third-order valence-electron chi connectivity index (χ3n) is 1.93. The molecular formula is C11H14N2O3S. The molecule has 0 aliphatic rings. The highest BCUT2D eigenvalue weighted by Gasteiger charge is 2.12. The Kier molecular flexibility index (Phi) is 4.96. The molecule has 0 radical (unpaired) electrons. The van der Waals surface area contributed by atoms with Gasteiger partial charge in [0.15, 0.2) is 5.12 Å². The van der Waals surface area contributed by atoms with Crippen molar-refractivity contribution >= 4 is 28.9 Å². The maximum absolute atomic E-state index is 11.3. The Hall–Kier alpha value is -1.56. The van der Waals surface area contributed by atoms with Crippen LogP contribution >= 0.6 is 11.8 Å². The minimum atomic E-state index is -0.467. The fraction of sp³-hybridized carbons (Fsp3) is 0.364. The highest BCUT2D eigenvalue weighted by atomic mass is 32.2. The molecule has 92 valence electrons. The molecule has 0 aromatic carbocycles. The first-order valence-electron chi connectivity index (χ1n) is 4.96. The minimum absolute atomic E-state index is 0.0749. The number of methoxy groups -OCH3 is 1. The van der Waals surface area contributed by atoms with Gasteiger partial charge in [0.2, 0.25) is 5.82 Å². The smallest absolute Gasteiger partial charge is 0.374 e. The van der Waals surface area contributed by atoms with Crippen LogP contribution in [0.1, 0.15) is 23.2 Å². The summed E-state index contributed by atoms with van der Waals surface area (Å²) >= 11 is 1.22. The van der Waals surface area contributed by atoms with Crippen molar-refractivity contribution in [2.24, 2.45) is 7.05 Å². The molecule has 1 rings (SSSR count). The summed E-state index contributed by atoms with van der Waals surface area (Å²) in [4.78, 5) is 26.1. The molecule has 0 fully saturated rings. The average molecular weight is 254 g/mol. The van der Waals surface area contributed by atoms with Gasteiger partial charge in [-0.15, -0.1) is 0 Å². The van der Waals surface area contributed by atoms with Gasteiger partial charge in [-0.05, 0) is 6.08 Å². The summed E-state index contributed by atoms with van der Waals surface area (Å²) in [5.74, 6) is 0.385. The van der Waals surface area contributed by atoms with Crippen molar-refractivity contribution in [3.05, 3.63) is 23.8 Å². The first kappa shape index (κ1) is 13.5. The molecule has 0 unspecified atom stereocenters. The lowest BCUT2D eigenvalue weighted by atomic mass is 10.4. The number of carbonyl (C=O) groups excluding carboxylic acids is 2. The number of rotatable bonds is 4. The van der Waals surface area contributed by atoms with Gasteiger partial charge >= 0.3 is 5.97 Å². The normalized spacial score (nSPS) is 10.8. The van der Waals surface area contributed by atoms with E-state index in [-0.39, 0.29) is 10.9 Å². The van der Waals surface area contributed by atoms with E-state index in [0.717, 1.165) is 0 Å². The van der Waals surface area contributed by atoms with Crippen LogP contribution in [0.4, 0.5) is 0 Å². The Balaban J connectivity index is 2.67. The van der Waals surface area contributed by atoms with Crippen molar-refractivity contribution in [3.63, 3.8) is 0 Å². The van der Waals surface area contributed by atoms with Crippen LogP contribution in [-0.4, -0.2) is 33.5 Å². The van der Waals surface area contributed by atoms with E-state index in [1.165, 1.54) is 25.8 Å². The standard InChI is InChI=1S/C11H14N2O3S/c1-8(14)17-6-4-5-9-7-13(2)10(12-9)11(15)16-3/h4-5,7H,6H2,1-3H3. The van der Waals surface area contributed by atoms with Crippen LogP contribution < -0.4 is 0 Å². The zero-order valence-electron chi connectivity index (χ0n) is 9.97. The van der Waals surface area contributed by atoms with Crippen molar-refractivity contribution in [3.8, 4) is 0 Å². The summed E-state index contributed by atoms with van der Waals surface area (Å²) in [6.45, 7) is 1.52. The van der Waals surface area contributed by atoms with Crippen LogP contribution in [0.3, 0.4) is 0 Å². The molecule has 0 saturated carbocycles. The van der Waals surface area contributed by atoms with Crippen molar-refractivity contribution < 1.29 is 14.3 Å². The fourth-order valence-corrected chi connectivity index (χ4v) is 1.61. The van der Waals surface area contributed by atoms with Gasteiger partial charge in [-0.2, -0.15) is 0 Å². The Morgan fingerprint density at radius 3 is 2.88 bits per heavy atom. The molecule has 0 spiro atoms. The average Bonchev–Trinajstić information content (AvgIpc) is 2.65. The van der Waals surface area contributed by atoms with Gasteiger partial charge in [0.05, 0.1) is 12.8 Å². The van der Waals surface area contributed by atoms with Gasteiger partial charge in [-0.1, -0.05) is 17.8 Å². The van der Waals surface area contributed by atoms with Crippen molar-refractivity contribution in [2.45, 2.75) is 6.92 Å². The number of imidazole rings is 1. The third kappa shape index (κ3) is 4.07. The Morgan fingerprint density at radius 2 is 2.29 bits per heavy atom. The quantitative estimate of drug-likeness (QED) is 0.762. The topological polar surface area (TPSA) is 61.2 Å². The molecular weight excluding hydrogens is 240 g/mol. The van der Waals surface area contributed by atoms with Gasteiger partial charge in [0.25, 0.3) is 0 Å². The summed E-state index contributed by atoms with van der Waals surface area (Å²) in [6.07, 6.45) is 5.32. The number of aryl methyl sites for hydroxylation is 1. The molecule has 0 atom stereocenters. The van der Waals surface area contributed by atoms with Crippen molar-refractivity contribution in [2.75, 3.05) is 12.9 Å². The van der Waals surface area contributed by atoms with Crippen LogP contribution in [0.2, 0.25) is 0 Å². The molecule has 0 aliphatic heterocycles. The minimum Gasteiger partial charge on any atom is -0.463 e. The highest BCUT2D eigenvalue weighted by Crippen LogP contribution is 2.07. The lowest BCUT2D eigenvalue weighted by molar-refractivity contribution is -0.109. The molecule has 0 N–H and O–H groups in total. The number of aromatic nitrogens is 2. The molecule has 0 bridgehead atoms. The molecule has 5 nitrogen and oxygen atoms in total. The Morgan fingerprint density at radius 1 is 1.59 bits per heavy atom. The zero-order valence-corrected chi connectivity index (χ0v) is 10.8. The number of thioether (sulfide) groups is 1. The lowest BCUT2D eigenvalue weighted by Crippen LogP contribution is -2.08. The molecule has 1 heterocycles. The highest BCUT2D eigenvalue weighted by molar-refractivity contribution is 8.13. The number of hydrogen-bond donors (Lipinski definition) is 0. The van der Waals surface area contributed by atoms with Gasteiger partial charge < -0.3 is 9.30 Å². The number of carbonyl (C=O) groups is 2. The Bertz CT molecular complexity index is 452. The van der Waals surface area contributed by atoms with Crippen LogP contribution in [-0.2, 0) is 16.6 Å². The van der Waals surface area contributed by atoms with E-state index in [2.05, 4.69) is 9.72 Å². The predicted octanol–water partition coefficient (Wildman–Crippen LogP) is 1.50. The zero-order chi connectivity index (χ0) is 12.8. The number of ether oxygens (including phenoxy) is 1. The van der Waals surface area contributed by atoms with E-state index < -0.39 is 5.97 Å². The van der Waals surface area contributed by atoms with Gasteiger partial charge in [0, 0.05) is 25.9 Å². The lowest BCUT2D eigenvalue weighted by Gasteiger charge is -1.96. The number of hydrogen-bond acceptors (Lipinski definition) is 5. The van der Waals surface area contributed by atoms with E-state index in [0.29, 0.717) is 11.4 Å². The second-order valence-corrected chi connectivity index (χ2v) is 4.49. The molecule has 6 heteroatoms. The van der Waals surface area contributed by atoms with Crippen LogP contribution in [0.5, 0.6) is 0 Å². The van der Waals surface area contributed by atoms with Crippen LogP contribution in [0.25, 0.3) is 6.08 Å². The van der Waals surface area contributed by atoms with Gasteiger partial charge in [-0.3, -0.25) is 4.79 Å². The van der Waals surface area contributed by atoms with Crippen LogP contribution in [0, 0.1) is 0 Å². The van der Waals surface area contributed by atoms with E-state index in [9.17, 15) is 9.59 Å². The largest absolute Gasteiger partial charge is 0.463 e. The summed E-state index contributed by atoms with van der Waals surface area (Å²) < 4.78 is 6.19. The van der Waals surface area contributed by atoms with E-state index in [4.69, 9.17) is 0 Å². The maximum Gasteiger partial charge on any atom is 0.374 e. The fourth-order valence-electron chi connectivity index (χ4n) is 1.19. The van der Waals surface area contributed by atoms with Gasteiger partial charge in [-0.25, -0.2) is 9.78 Å². The molecule has 0 aliphatic carbocycles. The first-order valence-corrected chi connectivity index (χ1v) is 5.94. The Labute approximate surface area is 104 Å². The monoisotopic (exact) mass is 254 g/mol. The number of esters is 1. The van der Waals surface area contributed by atoms with E-state index >= 15 is 0 Å². The summed E-state index contributed by atoms with van der Waals surface area (Å²) in [7, 11) is 3.04. The summed E-state index contributed by atoms with van der Waals surface area (Å²) in [6, 6.07) is 0. The van der Waals surface area contributed by atoms with Crippen molar-refractivity contribution in [1.82, 2.24) is 9.55 Å². The first-order chi connectivity index (χ1) is 8.04. The molecule has 0 saturated heterocycles. The van der Waals surface area contributed by atoms with Gasteiger partial charge in [0.1, 0.15) is 0 Å². The van der Waals surface area contributed by atoms with E-state index in [1.807, 2.05) is 6.08 Å². The molecule has 1 aromatic rings. The molecule has 17 heavy (non-hydrogen) atoms. The number of nitrogens with zero attached hydrogens (tertiary/aromatic N) is 2. The molecule has 0 amide bonds.